The van der Waals surface area contributed by atoms with Gasteiger partial charge >= 0.3 is 0 Å². The second kappa shape index (κ2) is 8.15. The molecular weight excluding hydrogens is 302 g/mol. The van der Waals surface area contributed by atoms with Crippen LogP contribution in [0.5, 0.6) is 0 Å². The molecule has 24 heavy (non-hydrogen) atoms. The number of rotatable bonds is 7. The van der Waals surface area contributed by atoms with Crippen molar-refractivity contribution in [2.24, 2.45) is 11.3 Å². The number of hydrogen-bond acceptors (Lipinski definition) is 4. The first-order chi connectivity index (χ1) is 11.7. The Morgan fingerprint density at radius 2 is 1.88 bits per heavy atom. The predicted octanol–water partition coefficient (Wildman–Crippen LogP) is 1.73. The smallest absolute Gasteiger partial charge is 0.226 e. The molecule has 0 bridgehead atoms. The van der Waals surface area contributed by atoms with Crippen molar-refractivity contribution in [2.75, 3.05) is 52.4 Å². The van der Waals surface area contributed by atoms with Crippen molar-refractivity contribution in [1.82, 2.24) is 15.1 Å². The summed E-state index contributed by atoms with van der Waals surface area (Å²) in [6.07, 6.45) is 5.86. The molecule has 138 valence electrons. The van der Waals surface area contributed by atoms with E-state index in [1.165, 1.54) is 12.8 Å². The minimum atomic E-state index is 0.319. The van der Waals surface area contributed by atoms with Gasteiger partial charge in [-0.15, -0.1) is 0 Å². The van der Waals surface area contributed by atoms with Gasteiger partial charge in [0.05, 0.1) is 12.7 Å². The summed E-state index contributed by atoms with van der Waals surface area (Å²) in [4.78, 5) is 17.3. The van der Waals surface area contributed by atoms with Gasteiger partial charge in [-0.3, -0.25) is 4.79 Å². The predicted molar refractivity (Wildman–Crippen MR) is 96.0 cm³/mol. The third-order valence-electron chi connectivity index (χ3n) is 6.50. The molecule has 0 aromatic rings. The molecule has 1 amide bonds. The molecule has 3 fully saturated rings. The number of amides is 1. The van der Waals surface area contributed by atoms with E-state index < -0.39 is 0 Å². The van der Waals surface area contributed by atoms with Crippen LogP contribution in [0, 0.1) is 11.3 Å². The Balaban J connectivity index is 1.35. The van der Waals surface area contributed by atoms with Crippen molar-refractivity contribution in [3.8, 4) is 0 Å². The highest BCUT2D eigenvalue weighted by atomic mass is 16.5. The summed E-state index contributed by atoms with van der Waals surface area (Å²) in [5, 5.41) is 3.42. The van der Waals surface area contributed by atoms with Gasteiger partial charge in [0.2, 0.25) is 5.91 Å². The Labute approximate surface area is 147 Å². The van der Waals surface area contributed by atoms with E-state index in [2.05, 4.69) is 29.0 Å². The fraction of sp³-hybridized carbons (Fsp3) is 0.947. The fourth-order valence-corrected chi connectivity index (χ4v) is 4.53. The van der Waals surface area contributed by atoms with Crippen LogP contribution in [0.3, 0.4) is 0 Å². The van der Waals surface area contributed by atoms with Gasteiger partial charge in [-0.25, -0.2) is 0 Å². The average Bonchev–Trinajstić information content (AvgIpc) is 3.32. The van der Waals surface area contributed by atoms with Gasteiger partial charge < -0.3 is 19.9 Å². The summed E-state index contributed by atoms with van der Waals surface area (Å²) in [6, 6.07) is 0. The van der Waals surface area contributed by atoms with Crippen LogP contribution in [0.1, 0.15) is 46.0 Å². The SMILES string of the molecule is CCN(CC)CCOC1CCN(C(=O)C2CC23CCNCC3)CC1. The number of likely N-dealkylation sites (tertiary alicyclic amines) is 1. The minimum absolute atomic E-state index is 0.319. The lowest BCUT2D eigenvalue weighted by atomic mass is 9.91. The lowest BCUT2D eigenvalue weighted by Gasteiger charge is -2.33. The molecule has 2 heterocycles. The third-order valence-corrected chi connectivity index (χ3v) is 6.50. The topological polar surface area (TPSA) is 44.8 Å². The van der Waals surface area contributed by atoms with E-state index >= 15 is 0 Å². The first kappa shape index (κ1) is 18.2. The number of hydrogen-bond donors (Lipinski definition) is 1. The fourth-order valence-electron chi connectivity index (χ4n) is 4.53. The number of carbonyl (C=O) groups is 1. The molecule has 2 aliphatic heterocycles. The van der Waals surface area contributed by atoms with Crippen LogP contribution in [-0.2, 0) is 9.53 Å². The Kier molecular flexibility index (Phi) is 6.17. The first-order valence-corrected chi connectivity index (χ1v) is 10.0. The normalized spacial score (nSPS) is 27.0. The summed E-state index contributed by atoms with van der Waals surface area (Å²) in [7, 11) is 0. The molecular formula is C19H35N3O2. The van der Waals surface area contributed by atoms with E-state index in [4.69, 9.17) is 4.74 Å². The van der Waals surface area contributed by atoms with Gasteiger partial charge in [-0.2, -0.15) is 0 Å². The van der Waals surface area contributed by atoms with E-state index in [1.807, 2.05) is 0 Å². The van der Waals surface area contributed by atoms with Gasteiger partial charge in [0.1, 0.15) is 0 Å². The molecule has 1 aliphatic carbocycles. The van der Waals surface area contributed by atoms with Gasteiger partial charge in [0.25, 0.3) is 0 Å². The van der Waals surface area contributed by atoms with Crippen molar-refractivity contribution < 1.29 is 9.53 Å². The molecule has 1 spiro atoms. The van der Waals surface area contributed by atoms with Gasteiger partial charge in [-0.1, -0.05) is 13.8 Å². The van der Waals surface area contributed by atoms with Crippen molar-refractivity contribution in [1.29, 1.82) is 0 Å². The highest BCUT2D eigenvalue weighted by Crippen LogP contribution is 2.59. The van der Waals surface area contributed by atoms with Crippen molar-refractivity contribution >= 4 is 5.91 Å². The number of ether oxygens (including phenoxy) is 1. The molecule has 3 aliphatic rings. The van der Waals surface area contributed by atoms with E-state index in [0.717, 1.165) is 71.7 Å². The summed E-state index contributed by atoms with van der Waals surface area (Å²) in [5.74, 6) is 0.748. The van der Waals surface area contributed by atoms with E-state index in [0.29, 0.717) is 23.3 Å². The first-order valence-electron chi connectivity index (χ1n) is 10.0. The zero-order valence-electron chi connectivity index (χ0n) is 15.6. The summed E-state index contributed by atoms with van der Waals surface area (Å²) in [6.45, 7) is 12.4. The summed E-state index contributed by atoms with van der Waals surface area (Å²) >= 11 is 0. The van der Waals surface area contributed by atoms with Crippen LogP contribution in [0.4, 0.5) is 0 Å². The highest BCUT2D eigenvalue weighted by Gasteiger charge is 2.58. The Hall–Kier alpha value is -0.650. The van der Waals surface area contributed by atoms with Crippen LogP contribution in [0.2, 0.25) is 0 Å². The molecule has 1 unspecified atom stereocenters. The summed E-state index contributed by atoms with van der Waals surface area (Å²) < 4.78 is 6.04. The van der Waals surface area contributed by atoms with E-state index in [1.54, 1.807) is 0 Å². The summed E-state index contributed by atoms with van der Waals surface area (Å²) in [5.41, 5.74) is 0.361. The molecule has 1 saturated carbocycles. The number of likely N-dealkylation sites (N-methyl/N-ethyl adjacent to an activating group) is 1. The van der Waals surface area contributed by atoms with Crippen LogP contribution in [-0.4, -0.2) is 74.2 Å². The standard InChI is InChI=1S/C19H35N3O2/c1-3-21(4-2)13-14-24-16-5-11-22(12-6-16)18(23)17-15-19(17)7-9-20-10-8-19/h16-17,20H,3-15H2,1-2H3. The van der Waals surface area contributed by atoms with Crippen LogP contribution >= 0.6 is 0 Å². The zero-order valence-corrected chi connectivity index (χ0v) is 15.6. The maximum atomic E-state index is 12.8. The molecule has 5 heteroatoms. The van der Waals surface area contributed by atoms with Crippen molar-refractivity contribution in [2.45, 2.75) is 52.1 Å². The molecule has 1 atom stereocenters. The molecule has 5 nitrogen and oxygen atoms in total. The monoisotopic (exact) mass is 337 g/mol. The van der Waals surface area contributed by atoms with Crippen molar-refractivity contribution in [3.63, 3.8) is 0 Å². The quantitative estimate of drug-likeness (QED) is 0.768. The lowest BCUT2D eigenvalue weighted by molar-refractivity contribution is -0.136. The third kappa shape index (κ3) is 4.12. The molecule has 2 saturated heterocycles. The molecule has 0 aromatic heterocycles. The Bertz CT molecular complexity index is 411. The number of piperidine rings is 2. The molecule has 0 aromatic carbocycles. The maximum Gasteiger partial charge on any atom is 0.226 e. The highest BCUT2D eigenvalue weighted by molar-refractivity contribution is 5.82. The maximum absolute atomic E-state index is 12.8. The van der Waals surface area contributed by atoms with Crippen LogP contribution in [0.15, 0.2) is 0 Å². The second-order valence-corrected chi connectivity index (χ2v) is 7.79. The van der Waals surface area contributed by atoms with E-state index in [-0.39, 0.29) is 0 Å². The van der Waals surface area contributed by atoms with Crippen molar-refractivity contribution in [3.05, 3.63) is 0 Å². The molecule has 3 rings (SSSR count). The van der Waals surface area contributed by atoms with Gasteiger partial charge in [-0.05, 0) is 63.7 Å². The van der Waals surface area contributed by atoms with Crippen LogP contribution < -0.4 is 5.32 Å². The molecule has 1 N–H and O–H groups in total. The average molecular weight is 338 g/mol. The Morgan fingerprint density at radius 1 is 1.21 bits per heavy atom. The zero-order chi connectivity index (χ0) is 17.0. The Morgan fingerprint density at radius 3 is 2.50 bits per heavy atom. The number of nitrogens with one attached hydrogen (secondary N) is 1. The minimum Gasteiger partial charge on any atom is -0.377 e. The molecule has 0 radical (unpaired) electrons. The van der Waals surface area contributed by atoms with Gasteiger partial charge in [0.15, 0.2) is 0 Å². The lowest BCUT2D eigenvalue weighted by Crippen LogP contribution is -2.43. The number of carbonyl (C=O) groups excluding carboxylic acids is 1. The van der Waals surface area contributed by atoms with Gasteiger partial charge in [0, 0.05) is 25.6 Å². The second-order valence-electron chi connectivity index (χ2n) is 7.79. The largest absolute Gasteiger partial charge is 0.377 e. The van der Waals surface area contributed by atoms with Crippen LogP contribution in [0.25, 0.3) is 0 Å². The number of nitrogens with zero attached hydrogens (tertiary/aromatic N) is 2. The van der Waals surface area contributed by atoms with E-state index in [9.17, 15) is 4.79 Å².